The standard InChI is InChI=1S/C33H48N4O2/c1-2-3-4-5-6-7-8-9-10-11-12-13-14-15-16-17-18-23-32(38)36-28-26-34-27-29-37-33(39)24-19-21-31-22-20-25-35-30-31/h3-4,6-7,9-10,12-13,15-16,19-22,25,30,34H,2,5,8,11,14,17-18,23-24,26-29H2,1H3,(H,36,38)(H,37,39)/b4-3?,7-6?,10-9?,13-12?,16-15?,21-19+. The van der Waals surface area contributed by atoms with Gasteiger partial charge in [0.25, 0.3) is 0 Å². The molecule has 0 aromatic carbocycles. The summed E-state index contributed by atoms with van der Waals surface area (Å²) in [4.78, 5) is 27.8. The number of amides is 2. The molecule has 0 saturated carbocycles. The number of rotatable bonds is 22. The van der Waals surface area contributed by atoms with Crippen LogP contribution >= 0.6 is 0 Å². The molecule has 1 rings (SSSR count). The van der Waals surface area contributed by atoms with E-state index in [1.807, 2.05) is 24.3 Å². The highest BCUT2D eigenvalue weighted by Gasteiger charge is 2.00. The number of carbonyl (C=O) groups is 2. The lowest BCUT2D eigenvalue weighted by atomic mass is 10.2. The van der Waals surface area contributed by atoms with Crippen molar-refractivity contribution < 1.29 is 9.59 Å². The van der Waals surface area contributed by atoms with Gasteiger partial charge in [0.05, 0.1) is 0 Å². The third kappa shape index (κ3) is 23.3. The van der Waals surface area contributed by atoms with Crippen LogP contribution in [-0.4, -0.2) is 43.0 Å². The zero-order chi connectivity index (χ0) is 28.1. The van der Waals surface area contributed by atoms with Crippen molar-refractivity contribution in [2.45, 2.75) is 64.7 Å². The third-order valence-corrected chi connectivity index (χ3v) is 5.48. The molecule has 0 aliphatic carbocycles. The van der Waals surface area contributed by atoms with E-state index in [0.717, 1.165) is 50.5 Å². The van der Waals surface area contributed by atoms with Crippen LogP contribution in [0.15, 0.2) is 91.4 Å². The van der Waals surface area contributed by atoms with Gasteiger partial charge in [0.2, 0.25) is 11.8 Å². The summed E-state index contributed by atoms with van der Waals surface area (Å²) in [5.74, 6) is 0.0654. The fourth-order valence-electron chi connectivity index (χ4n) is 3.39. The lowest BCUT2D eigenvalue weighted by Crippen LogP contribution is -2.36. The van der Waals surface area contributed by atoms with Gasteiger partial charge in [0.1, 0.15) is 0 Å². The minimum atomic E-state index is -0.0160. The molecule has 0 unspecified atom stereocenters. The molecule has 1 heterocycles. The number of hydrogen-bond acceptors (Lipinski definition) is 4. The number of aromatic nitrogens is 1. The first-order valence-corrected chi connectivity index (χ1v) is 14.3. The Balaban J connectivity index is 1.89. The van der Waals surface area contributed by atoms with Crippen molar-refractivity contribution in [2.75, 3.05) is 26.2 Å². The molecule has 0 radical (unpaired) electrons. The predicted octanol–water partition coefficient (Wildman–Crippen LogP) is 6.23. The molecule has 1 aromatic heterocycles. The molecule has 0 spiro atoms. The summed E-state index contributed by atoms with van der Waals surface area (Å²) in [6.45, 7) is 4.63. The first kappa shape index (κ1) is 33.5. The second-order valence-corrected chi connectivity index (χ2v) is 8.94. The van der Waals surface area contributed by atoms with E-state index >= 15 is 0 Å². The average Bonchev–Trinajstić information content (AvgIpc) is 2.94. The van der Waals surface area contributed by atoms with Crippen LogP contribution < -0.4 is 16.0 Å². The Morgan fingerprint density at radius 3 is 1.92 bits per heavy atom. The fourth-order valence-corrected chi connectivity index (χ4v) is 3.39. The Bertz CT molecular complexity index is 930. The number of nitrogens with zero attached hydrogens (tertiary/aromatic N) is 1. The van der Waals surface area contributed by atoms with Crippen LogP contribution in [0.3, 0.4) is 0 Å². The molecule has 212 valence electrons. The lowest BCUT2D eigenvalue weighted by Gasteiger charge is -2.07. The van der Waals surface area contributed by atoms with Crippen LogP contribution in [0.25, 0.3) is 6.08 Å². The monoisotopic (exact) mass is 532 g/mol. The number of hydrogen-bond donors (Lipinski definition) is 3. The van der Waals surface area contributed by atoms with E-state index in [9.17, 15) is 9.59 Å². The summed E-state index contributed by atoms with van der Waals surface area (Å²) in [7, 11) is 0. The van der Waals surface area contributed by atoms with Crippen LogP contribution in [0, 0.1) is 0 Å². The van der Waals surface area contributed by atoms with Gasteiger partial charge in [-0.05, 0) is 56.6 Å². The number of carbonyl (C=O) groups excluding carboxylic acids is 2. The predicted molar refractivity (Wildman–Crippen MR) is 165 cm³/mol. The van der Waals surface area contributed by atoms with E-state index in [-0.39, 0.29) is 11.8 Å². The van der Waals surface area contributed by atoms with Crippen LogP contribution in [0.4, 0.5) is 0 Å². The summed E-state index contributed by atoms with van der Waals surface area (Å²) in [6, 6.07) is 3.80. The second-order valence-electron chi connectivity index (χ2n) is 8.94. The second kappa shape index (κ2) is 26.1. The molecule has 6 heteroatoms. The summed E-state index contributed by atoms with van der Waals surface area (Å²) in [5.41, 5.74) is 0.975. The molecule has 39 heavy (non-hydrogen) atoms. The van der Waals surface area contributed by atoms with E-state index in [4.69, 9.17) is 0 Å². The van der Waals surface area contributed by atoms with Crippen molar-refractivity contribution in [1.82, 2.24) is 20.9 Å². The van der Waals surface area contributed by atoms with Crippen LogP contribution in [0.5, 0.6) is 0 Å². The Hall–Kier alpha value is -3.51. The molecule has 0 aliphatic rings. The SMILES string of the molecule is CCC=CCC=CCC=CCC=CCC=CCCCC(=O)NCCNCCNC(=O)C/C=C/c1cccnc1. The molecule has 0 atom stereocenters. The first-order valence-electron chi connectivity index (χ1n) is 14.3. The van der Waals surface area contributed by atoms with Crippen molar-refractivity contribution in [3.05, 3.63) is 96.9 Å². The maximum Gasteiger partial charge on any atom is 0.223 e. The van der Waals surface area contributed by atoms with E-state index in [1.165, 1.54) is 0 Å². The quantitative estimate of drug-likeness (QED) is 0.122. The van der Waals surface area contributed by atoms with Gasteiger partial charge in [0, 0.05) is 51.4 Å². The average molecular weight is 533 g/mol. The van der Waals surface area contributed by atoms with Gasteiger partial charge in [-0.3, -0.25) is 14.6 Å². The molecule has 0 aliphatic heterocycles. The van der Waals surface area contributed by atoms with Crippen molar-refractivity contribution in [1.29, 1.82) is 0 Å². The zero-order valence-electron chi connectivity index (χ0n) is 23.7. The minimum absolute atomic E-state index is 0.0160. The minimum Gasteiger partial charge on any atom is -0.355 e. The van der Waals surface area contributed by atoms with Crippen molar-refractivity contribution in [3.8, 4) is 0 Å². The summed E-state index contributed by atoms with van der Waals surface area (Å²) < 4.78 is 0. The number of nitrogens with one attached hydrogen (secondary N) is 3. The molecular weight excluding hydrogens is 484 g/mol. The Morgan fingerprint density at radius 1 is 0.744 bits per heavy atom. The molecule has 1 aromatic rings. The molecule has 0 fully saturated rings. The topological polar surface area (TPSA) is 83.1 Å². The van der Waals surface area contributed by atoms with Crippen molar-refractivity contribution >= 4 is 17.9 Å². The fraction of sp³-hybridized carbons (Fsp3) is 0.424. The normalized spacial score (nSPS) is 12.2. The summed E-state index contributed by atoms with van der Waals surface area (Å²) in [6.07, 6.45) is 36.7. The maximum absolute atomic E-state index is 11.9. The van der Waals surface area contributed by atoms with Gasteiger partial charge in [-0.25, -0.2) is 0 Å². The highest BCUT2D eigenvalue weighted by molar-refractivity contribution is 5.78. The molecule has 6 nitrogen and oxygen atoms in total. The molecule has 0 bridgehead atoms. The van der Waals surface area contributed by atoms with Gasteiger partial charge in [-0.2, -0.15) is 0 Å². The molecular formula is C33H48N4O2. The maximum atomic E-state index is 11.9. The Morgan fingerprint density at radius 2 is 1.33 bits per heavy atom. The Kier molecular flexibility index (Phi) is 22.4. The number of allylic oxidation sites excluding steroid dienone is 10. The van der Waals surface area contributed by atoms with Crippen molar-refractivity contribution in [3.63, 3.8) is 0 Å². The number of pyridine rings is 1. The summed E-state index contributed by atoms with van der Waals surface area (Å²) in [5, 5.41) is 9.02. The molecule has 2 amide bonds. The Labute approximate surface area is 236 Å². The van der Waals surface area contributed by atoms with E-state index < -0.39 is 0 Å². The molecule has 3 N–H and O–H groups in total. The largest absolute Gasteiger partial charge is 0.355 e. The van der Waals surface area contributed by atoms with Gasteiger partial charge in [-0.15, -0.1) is 0 Å². The van der Waals surface area contributed by atoms with Crippen LogP contribution in [-0.2, 0) is 9.59 Å². The van der Waals surface area contributed by atoms with E-state index in [2.05, 4.69) is 88.6 Å². The van der Waals surface area contributed by atoms with Crippen molar-refractivity contribution in [2.24, 2.45) is 0 Å². The lowest BCUT2D eigenvalue weighted by molar-refractivity contribution is -0.121. The highest BCUT2D eigenvalue weighted by atomic mass is 16.2. The van der Waals surface area contributed by atoms with Gasteiger partial charge < -0.3 is 16.0 Å². The van der Waals surface area contributed by atoms with E-state index in [0.29, 0.717) is 39.0 Å². The first-order chi connectivity index (χ1) is 19.2. The number of unbranched alkanes of at least 4 members (excludes halogenated alkanes) is 1. The van der Waals surface area contributed by atoms with Crippen LogP contribution in [0.2, 0.25) is 0 Å². The highest BCUT2D eigenvalue weighted by Crippen LogP contribution is 2.00. The van der Waals surface area contributed by atoms with Gasteiger partial charge in [0.15, 0.2) is 0 Å². The summed E-state index contributed by atoms with van der Waals surface area (Å²) >= 11 is 0. The smallest absolute Gasteiger partial charge is 0.223 e. The molecule has 0 saturated heterocycles. The van der Waals surface area contributed by atoms with Gasteiger partial charge in [-0.1, -0.05) is 85.9 Å². The van der Waals surface area contributed by atoms with E-state index in [1.54, 1.807) is 12.4 Å². The third-order valence-electron chi connectivity index (χ3n) is 5.48. The zero-order valence-corrected chi connectivity index (χ0v) is 23.7. The van der Waals surface area contributed by atoms with Crippen LogP contribution in [0.1, 0.15) is 70.3 Å². The van der Waals surface area contributed by atoms with Gasteiger partial charge >= 0.3 is 0 Å².